The van der Waals surface area contributed by atoms with E-state index < -0.39 is 17.4 Å². The van der Waals surface area contributed by atoms with Crippen LogP contribution in [0.25, 0.3) is 0 Å². The summed E-state index contributed by atoms with van der Waals surface area (Å²) in [6.07, 6.45) is 5.28. The van der Waals surface area contributed by atoms with Gasteiger partial charge in [0.15, 0.2) is 0 Å². The fraction of sp³-hybridized carbons (Fsp3) is 0.789. The Morgan fingerprint density at radius 3 is 2.54 bits per heavy atom. The van der Waals surface area contributed by atoms with Crippen molar-refractivity contribution in [3.8, 4) is 0 Å². The van der Waals surface area contributed by atoms with Gasteiger partial charge in [-0.25, -0.2) is 4.79 Å². The summed E-state index contributed by atoms with van der Waals surface area (Å²) in [7, 11) is 0. The minimum absolute atomic E-state index is 0.0437. The molecule has 138 valence electrons. The van der Waals surface area contributed by atoms with Crippen LogP contribution in [0.1, 0.15) is 66.7 Å². The van der Waals surface area contributed by atoms with Crippen molar-refractivity contribution in [2.75, 3.05) is 6.61 Å². The topological polar surface area (TPSA) is 61.8 Å². The number of carbonyl (C=O) groups is 2. The molecule has 1 rings (SSSR count). The summed E-state index contributed by atoms with van der Waals surface area (Å²) in [5.41, 5.74) is -1.25. The average molecular weight is 340 g/mol. The quantitative estimate of drug-likeness (QED) is 0.366. The predicted octanol–water partition coefficient (Wildman–Crippen LogP) is 4.64. The van der Waals surface area contributed by atoms with Crippen molar-refractivity contribution >= 4 is 12.6 Å². The molecule has 1 fully saturated rings. The zero-order chi connectivity index (χ0) is 18.4. The van der Waals surface area contributed by atoms with Gasteiger partial charge in [-0.05, 0) is 64.4 Å². The van der Waals surface area contributed by atoms with Crippen molar-refractivity contribution in [2.24, 2.45) is 11.3 Å². The summed E-state index contributed by atoms with van der Waals surface area (Å²) in [4.78, 5) is 22.6. The average Bonchev–Trinajstić information content (AvgIpc) is 2.46. The highest BCUT2D eigenvalue weighted by atomic mass is 16.7. The number of hydrogen-bond acceptors (Lipinski definition) is 5. The van der Waals surface area contributed by atoms with Gasteiger partial charge in [0.1, 0.15) is 11.2 Å². The lowest BCUT2D eigenvalue weighted by Gasteiger charge is -2.50. The molecule has 0 N–H and O–H groups in total. The Hall–Kier alpha value is -1.52. The molecule has 0 spiro atoms. The van der Waals surface area contributed by atoms with Gasteiger partial charge in [0.2, 0.25) is 0 Å². The highest BCUT2D eigenvalue weighted by molar-refractivity contribution is 5.60. The van der Waals surface area contributed by atoms with Gasteiger partial charge in [-0.3, -0.25) is 4.79 Å². The highest BCUT2D eigenvalue weighted by Gasteiger charge is 2.48. The molecule has 1 aliphatic rings. The molecular formula is C19H32O5. The molecule has 1 saturated carbocycles. The Kier molecular flexibility index (Phi) is 6.87. The van der Waals surface area contributed by atoms with E-state index in [9.17, 15) is 9.59 Å². The molecule has 0 aromatic rings. The lowest BCUT2D eigenvalue weighted by Crippen LogP contribution is -2.49. The van der Waals surface area contributed by atoms with E-state index in [1.54, 1.807) is 13.0 Å². The first-order valence-corrected chi connectivity index (χ1v) is 8.73. The van der Waals surface area contributed by atoms with Crippen LogP contribution in [-0.2, 0) is 19.0 Å². The van der Waals surface area contributed by atoms with E-state index in [0.29, 0.717) is 12.9 Å². The second-order valence-electron chi connectivity index (χ2n) is 7.76. The number of rotatable bonds is 8. The monoisotopic (exact) mass is 340 g/mol. The Morgan fingerprint density at radius 1 is 1.33 bits per heavy atom. The lowest BCUT2D eigenvalue weighted by atomic mass is 9.60. The molecule has 0 aromatic carbocycles. The summed E-state index contributed by atoms with van der Waals surface area (Å²) in [6, 6.07) is 0. The van der Waals surface area contributed by atoms with Crippen LogP contribution >= 0.6 is 0 Å². The Bertz CT molecular complexity index is 459. The maximum absolute atomic E-state index is 11.7. The van der Waals surface area contributed by atoms with Crippen LogP contribution in [0.15, 0.2) is 12.7 Å². The van der Waals surface area contributed by atoms with E-state index in [-0.39, 0.29) is 17.9 Å². The summed E-state index contributed by atoms with van der Waals surface area (Å²) in [6.45, 7) is 14.6. The molecule has 1 unspecified atom stereocenters. The van der Waals surface area contributed by atoms with Gasteiger partial charge in [0, 0.05) is 5.92 Å². The van der Waals surface area contributed by atoms with Crippen molar-refractivity contribution < 1.29 is 23.8 Å². The minimum Gasteiger partial charge on any atom is -0.461 e. The number of hydrogen-bond donors (Lipinski definition) is 0. The van der Waals surface area contributed by atoms with Crippen molar-refractivity contribution in [1.29, 1.82) is 0 Å². The van der Waals surface area contributed by atoms with Crippen LogP contribution in [0.4, 0.5) is 4.79 Å². The van der Waals surface area contributed by atoms with Gasteiger partial charge in [-0.15, -0.1) is 0 Å². The molecule has 5 nitrogen and oxygen atoms in total. The summed E-state index contributed by atoms with van der Waals surface area (Å²) < 4.78 is 15.8. The van der Waals surface area contributed by atoms with E-state index in [1.807, 2.05) is 13.8 Å². The molecule has 0 aromatic heterocycles. The van der Waals surface area contributed by atoms with Crippen LogP contribution in [-0.4, -0.2) is 30.4 Å². The first kappa shape index (κ1) is 20.5. The third-order valence-corrected chi connectivity index (χ3v) is 5.43. The summed E-state index contributed by atoms with van der Waals surface area (Å²) >= 11 is 0. The normalized spacial score (nSPS) is 28.3. The van der Waals surface area contributed by atoms with Crippen molar-refractivity contribution in [3.63, 3.8) is 0 Å². The van der Waals surface area contributed by atoms with Crippen molar-refractivity contribution in [1.82, 2.24) is 0 Å². The molecule has 1 aliphatic carbocycles. The molecular weight excluding hydrogens is 308 g/mol. The summed E-state index contributed by atoms with van der Waals surface area (Å²) in [5, 5.41) is 0. The summed E-state index contributed by atoms with van der Waals surface area (Å²) in [5.74, 6) is 0.175. The molecule has 0 amide bonds. The van der Waals surface area contributed by atoms with E-state index in [1.165, 1.54) is 0 Å². The SMILES string of the molecule is C=CC(C)(CC[C@H]1C(C)(C)CCC[C@]1(C)OC=O)OC(=O)OCC. The fourth-order valence-electron chi connectivity index (χ4n) is 3.98. The number of ether oxygens (including phenoxy) is 3. The Morgan fingerprint density at radius 2 is 2.00 bits per heavy atom. The van der Waals surface area contributed by atoms with Gasteiger partial charge in [0.05, 0.1) is 6.61 Å². The van der Waals surface area contributed by atoms with Gasteiger partial charge in [0.25, 0.3) is 6.47 Å². The Balaban J connectivity index is 2.87. The second kappa shape index (κ2) is 8.04. The van der Waals surface area contributed by atoms with Crippen molar-refractivity contribution in [2.45, 2.75) is 77.9 Å². The van der Waals surface area contributed by atoms with E-state index in [4.69, 9.17) is 14.2 Å². The fourth-order valence-corrected chi connectivity index (χ4v) is 3.98. The zero-order valence-electron chi connectivity index (χ0n) is 15.7. The van der Waals surface area contributed by atoms with Gasteiger partial charge >= 0.3 is 6.16 Å². The first-order chi connectivity index (χ1) is 11.1. The van der Waals surface area contributed by atoms with Crippen LogP contribution in [0.3, 0.4) is 0 Å². The third-order valence-electron chi connectivity index (χ3n) is 5.43. The molecule has 0 bridgehead atoms. The van der Waals surface area contributed by atoms with Gasteiger partial charge in [-0.2, -0.15) is 0 Å². The van der Waals surface area contributed by atoms with Gasteiger partial charge in [-0.1, -0.05) is 20.4 Å². The molecule has 0 heterocycles. The highest BCUT2D eigenvalue weighted by Crippen LogP contribution is 2.50. The van der Waals surface area contributed by atoms with E-state index in [0.717, 1.165) is 25.7 Å². The molecule has 3 atom stereocenters. The first-order valence-electron chi connectivity index (χ1n) is 8.73. The van der Waals surface area contributed by atoms with Gasteiger partial charge < -0.3 is 14.2 Å². The Labute approximate surface area is 145 Å². The standard InChI is InChI=1S/C19H32O5/c1-7-18(5,24-16(21)22-8-2)13-10-15-17(3,4)11-9-12-19(15,6)23-14-20/h7,14-15H,1,8-13H2,2-6H3/t15-,18?,19-/m0/s1. The van der Waals surface area contributed by atoms with Crippen LogP contribution in [0, 0.1) is 11.3 Å². The lowest BCUT2D eigenvalue weighted by molar-refractivity contribution is -0.163. The van der Waals surface area contributed by atoms with Crippen LogP contribution in [0.2, 0.25) is 0 Å². The van der Waals surface area contributed by atoms with Crippen LogP contribution in [0.5, 0.6) is 0 Å². The van der Waals surface area contributed by atoms with E-state index >= 15 is 0 Å². The zero-order valence-corrected chi connectivity index (χ0v) is 15.7. The molecule has 0 radical (unpaired) electrons. The maximum Gasteiger partial charge on any atom is 0.509 e. The second-order valence-corrected chi connectivity index (χ2v) is 7.76. The van der Waals surface area contributed by atoms with Crippen LogP contribution < -0.4 is 0 Å². The smallest absolute Gasteiger partial charge is 0.461 e. The third kappa shape index (κ3) is 4.99. The predicted molar refractivity (Wildman–Crippen MR) is 92.6 cm³/mol. The largest absolute Gasteiger partial charge is 0.509 e. The maximum atomic E-state index is 11.7. The molecule has 24 heavy (non-hydrogen) atoms. The van der Waals surface area contributed by atoms with Crippen molar-refractivity contribution in [3.05, 3.63) is 12.7 Å². The molecule has 0 saturated heterocycles. The number of carbonyl (C=O) groups excluding carboxylic acids is 2. The molecule has 5 heteroatoms. The molecule has 0 aliphatic heterocycles. The van der Waals surface area contributed by atoms with E-state index in [2.05, 4.69) is 20.4 Å². The minimum atomic E-state index is -0.804.